The van der Waals surface area contributed by atoms with Crippen molar-refractivity contribution in [3.63, 3.8) is 0 Å². The van der Waals surface area contributed by atoms with Gasteiger partial charge in [0, 0.05) is 11.6 Å². The molecule has 0 aliphatic heterocycles. The van der Waals surface area contributed by atoms with Gasteiger partial charge in [-0.1, -0.05) is 0 Å². The summed E-state index contributed by atoms with van der Waals surface area (Å²) in [5, 5.41) is 8.99. The van der Waals surface area contributed by atoms with Gasteiger partial charge in [-0.15, -0.1) is 0 Å². The summed E-state index contributed by atoms with van der Waals surface area (Å²) in [5.74, 6) is -3.11. The molecular weight excluding hydrogens is 244 g/mol. The van der Waals surface area contributed by atoms with E-state index in [1.165, 1.54) is 13.0 Å². The molecule has 0 fully saturated rings. The van der Waals surface area contributed by atoms with Crippen molar-refractivity contribution in [2.75, 3.05) is 0 Å². The first kappa shape index (κ1) is 10.4. The van der Waals surface area contributed by atoms with Gasteiger partial charge in [-0.05, 0) is 28.9 Å². The molecule has 13 heavy (non-hydrogen) atoms. The summed E-state index contributed by atoms with van der Waals surface area (Å²) in [7, 11) is 0. The van der Waals surface area contributed by atoms with Crippen LogP contribution in [0.2, 0.25) is 0 Å². The first-order valence-electron chi connectivity index (χ1n) is 3.57. The monoisotopic (exact) mass is 251 g/mol. The van der Waals surface area contributed by atoms with Crippen LogP contribution in [0.4, 0.5) is 8.78 Å². The van der Waals surface area contributed by atoms with Crippen molar-refractivity contribution in [1.29, 1.82) is 0 Å². The van der Waals surface area contributed by atoms with E-state index in [9.17, 15) is 8.78 Å². The standard InChI is InChI=1S/C8H8BrF2NO/c1-3(12)4-2-5(9)8(13)7(11)6(4)10/h2-3,13H,12H2,1H3. The largest absolute Gasteiger partial charge is 0.504 e. The Kier molecular flexibility index (Phi) is 2.87. The van der Waals surface area contributed by atoms with E-state index < -0.39 is 23.4 Å². The summed E-state index contributed by atoms with van der Waals surface area (Å²) >= 11 is 2.89. The van der Waals surface area contributed by atoms with E-state index in [4.69, 9.17) is 10.8 Å². The molecule has 0 aromatic heterocycles. The smallest absolute Gasteiger partial charge is 0.201 e. The van der Waals surface area contributed by atoms with Gasteiger partial charge in [-0.3, -0.25) is 0 Å². The lowest BCUT2D eigenvalue weighted by atomic mass is 10.1. The molecule has 0 amide bonds. The van der Waals surface area contributed by atoms with Crippen LogP contribution in [0.25, 0.3) is 0 Å². The van der Waals surface area contributed by atoms with Crippen LogP contribution in [0.3, 0.4) is 0 Å². The molecule has 3 N–H and O–H groups in total. The molecule has 1 atom stereocenters. The van der Waals surface area contributed by atoms with Crippen LogP contribution in [0.1, 0.15) is 18.5 Å². The number of phenolic OH excluding ortho intramolecular Hbond substituents is 1. The Labute approximate surface area is 82.5 Å². The second-order valence-corrected chi connectivity index (χ2v) is 3.57. The Morgan fingerprint density at radius 3 is 2.46 bits per heavy atom. The number of hydrogen-bond acceptors (Lipinski definition) is 2. The summed E-state index contributed by atoms with van der Waals surface area (Å²) in [6.07, 6.45) is 0. The quantitative estimate of drug-likeness (QED) is 0.754. The average molecular weight is 252 g/mol. The van der Waals surface area contributed by atoms with Crippen molar-refractivity contribution in [2.45, 2.75) is 13.0 Å². The predicted octanol–water partition coefficient (Wildman–Crippen LogP) is 2.45. The van der Waals surface area contributed by atoms with Gasteiger partial charge in [0.15, 0.2) is 11.6 Å². The summed E-state index contributed by atoms with van der Waals surface area (Å²) in [6.45, 7) is 1.53. The van der Waals surface area contributed by atoms with Crippen molar-refractivity contribution in [3.8, 4) is 5.75 Å². The minimum Gasteiger partial charge on any atom is -0.504 e. The van der Waals surface area contributed by atoms with Gasteiger partial charge in [-0.25, -0.2) is 4.39 Å². The summed E-state index contributed by atoms with van der Waals surface area (Å²) in [4.78, 5) is 0. The Bertz CT molecular complexity index is 341. The maximum Gasteiger partial charge on any atom is 0.201 e. The van der Waals surface area contributed by atoms with Gasteiger partial charge < -0.3 is 10.8 Å². The molecule has 0 bridgehead atoms. The average Bonchev–Trinajstić information content (AvgIpc) is 2.07. The lowest BCUT2D eigenvalue weighted by Gasteiger charge is -2.09. The molecule has 1 unspecified atom stereocenters. The second kappa shape index (κ2) is 3.59. The lowest BCUT2D eigenvalue weighted by Crippen LogP contribution is -2.09. The maximum atomic E-state index is 13.1. The number of aromatic hydroxyl groups is 1. The van der Waals surface area contributed by atoms with E-state index in [1.807, 2.05) is 0 Å². The summed E-state index contributed by atoms with van der Waals surface area (Å²) in [6, 6.07) is 0.643. The minimum atomic E-state index is -1.28. The van der Waals surface area contributed by atoms with Crippen LogP contribution >= 0.6 is 15.9 Å². The van der Waals surface area contributed by atoms with E-state index in [1.54, 1.807) is 0 Å². The number of nitrogens with two attached hydrogens (primary N) is 1. The lowest BCUT2D eigenvalue weighted by molar-refractivity contribution is 0.399. The van der Waals surface area contributed by atoms with Crippen molar-refractivity contribution in [1.82, 2.24) is 0 Å². The highest BCUT2D eigenvalue weighted by molar-refractivity contribution is 9.10. The van der Waals surface area contributed by atoms with Crippen molar-refractivity contribution >= 4 is 15.9 Å². The van der Waals surface area contributed by atoms with Crippen LogP contribution in [0.5, 0.6) is 5.75 Å². The fourth-order valence-corrected chi connectivity index (χ4v) is 1.36. The topological polar surface area (TPSA) is 46.2 Å². The molecular formula is C8H8BrF2NO. The predicted molar refractivity (Wildman–Crippen MR) is 48.3 cm³/mol. The van der Waals surface area contributed by atoms with Gasteiger partial charge in [-0.2, -0.15) is 4.39 Å². The fraction of sp³-hybridized carbons (Fsp3) is 0.250. The zero-order chi connectivity index (χ0) is 10.2. The highest BCUT2D eigenvalue weighted by Crippen LogP contribution is 2.32. The molecule has 0 aliphatic carbocycles. The maximum absolute atomic E-state index is 13.1. The van der Waals surface area contributed by atoms with Gasteiger partial charge >= 0.3 is 0 Å². The van der Waals surface area contributed by atoms with E-state index >= 15 is 0 Å². The number of halogens is 3. The molecule has 5 heteroatoms. The number of benzene rings is 1. The summed E-state index contributed by atoms with van der Waals surface area (Å²) in [5.41, 5.74) is 5.42. The molecule has 2 nitrogen and oxygen atoms in total. The zero-order valence-corrected chi connectivity index (χ0v) is 8.40. The van der Waals surface area contributed by atoms with Crippen LogP contribution in [-0.2, 0) is 0 Å². The number of phenols is 1. The molecule has 0 saturated heterocycles. The Balaban J connectivity index is 3.41. The third-order valence-electron chi connectivity index (χ3n) is 1.65. The molecule has 1 rings (SSSR count). The highest BCUT2D eigenvalue weighted by atomic mass is 79.9. The van der Waals surface area contributed by atoms with Crippen LogP contribution in [0.15, 0.2) is 10.5 Å². The number of hydrogen-bond donors (Lipinski definition) is 2. The van der Waals surface area contributed by atoms with Gasteiger partial charge in [0.2, 0.25) is 5.82 Å². The van der Waals surface area contributed by atoms with Gasteiger partial charge in [0.25, 0.3) is 0 Å². The second-order valence-electron chi connectivity index (χ2n) is 2.71. The van der Waals surface area contributed by atoms with E-state index in [-0.39, 0.29) is 10.0 Å². The van der Waals surface area contributed by atoms with E-state index in [2.05, 4.69) is 15.9 Å². The van der Waals surface area contributed by atoms with Gasteiger partial charge in [0.05, 0.1) is 4.47 Å². The van der Waals surface area contributed by atoms with Crippen molar-refractivity contribution < 1.29 is 13.9 Å². The normalized spacial score (nSPS) is 13.0. The molecule has 0 heterocycles. The molecule has 0 spiro atoms. The molecule has 0 saturated carbocycles. The first-order valence-corrected chi connectivity index (χ1v) is 4.36. The molecule has 72 valence electrons. The molecule has 1 aromatic carbocycles. The van der Waals surface area contributed by atoms with E-state index in [0.29, 0.717) is 0 Å². The Morgan fingerprint density at radius 2 is 2.00 bits per heavy atom. The van der Waals surface area contributed by atoms with Crippen LogP contribution in [0, 0.1) is 11.6 Å². The molecule has 0 radical (unpaired) electrons. The van der Waals surface area contributed by atoms with Crippen molar-refractivity contribution in [3.05, 3.63) is 27.7 Å². The Hall–Kier alpha value is -0.680. The highest BCUT2D eigenvalue weighted by Gasteiger charge is 2.18. The van der Waals surface area contributed by atoms with Crippen LogP contribution < -0.4 is 5.73 Å². The third kappa shape index (κ3) is 1.81. The fourth-order valence-electron chi connectivity index (χ4n) is 0.935. The zero-order valence-electron chi connectivity index (χ0n) is 6.81. The third-order valence-corrected chi connectivity index (χ3v) is 2.26. The first-order chi connectivity index (χ1) is 5.95. The molecule has 0 aliphatic rings. The Morgan fingerprint density at radius 1 is 1.46 bits per heavy atom. The van der Waals surface area contributed by atoms with Crippen molar-refractivity contribution in [2.24, 2.45) is 5.73 Å². The van der Waals surface area contributed by atoms with Crippen LogP contribution in [-0.4, -0.2) is 5.11 Å². The SMILES string of the molecule is CC(N)c1cc(Br)c(O)c(F)c1F. The summed E-state index contributed by atoms with van der Waals surface area (Å²) < 4.78 is 26.1. The number of rotatable bonds is 1. The minimum absolute atomic E-state index is 0.0298. The van der Waals surface area contributed by atoms with E-state index in [0.717, 1.165) is 0 Å². The van der Waals surface area contributed by atoms with Gasteiger partial charge in [0.1, 0.15) is 0 Å². The molecule has 1 aromatic rings.